The molecule has 0 atom stereocenters. The molecule has 0 aromatic heterocycles. The van der Waals surface area contributed by atoms with Crippen molar-refractivity contribution in [1.29, 1.82) is 0 Å². The maximum atomic E-state index is 13.4. The number of rotatable bonds is 4. The summed E-state index contributed by atoms with van der Waals surface area (Å²) >= 11 is 4.94. The summed E-state index contributed by atoms with van der Waals surface area (Å²) < 4.78 is 36.5. The van der Waals surface area contributed by atoms with Crippen LogP contribution in [0.3, 0.4) is 0 Å². The maximum Gasteiger partial charge on any atom is 0.372 e. The van der Waals surface area contributed by atoms with Crippen LogP contribution in [0.2, 0.25) is 0 Å². The van der Waals surface area contributed by atoms with E-state index in [9.17, 15) is 13.6 Å². The molecule has 1 rings (SSSR count). The van der Waals surface area contributed by atoms with E-state index in [0.717, 1.165) is 0 Å². The molecule has 1 aromatic rings. The molecule has 0 unspecified atom stereocenters. The fourth-order valence-corrected chi connectivity index (χ4v) is 1.46. The number of nitrogens with zero attached hydrogens (tertiary/aromatic N) is 1. The molecule has 7 heteroatoms. The number of ether oxygens (including phenoxy) is 2. The number of aliphatic imine (C=N–C) groups is 1. The third-order valence-corrected chi connectivity index (χ3v) is 2.35. The zero-order valence-electron chi connectivity index (χ0n) is 12.1. The first-order chi connectivity index (χ1) is 9.53. The molecule has 0 aliphatic heterocycles. The van der Waals surface area contributed by atoms with Crippen molar-refractivity contribution in [3.05, 3.63) is 24.3 Å². The van der Waals surface area contributed by atoms with Gasteiger partial charge in [0.15, 0.2) is 0 Å². The predicted molar refractivity (Wildman–Crippen MR) is 76.7 cm³/mol. The zero-order chi connectivity index (χ0) is 16.3. The van der Waals surface area contributed by atoms with Crippen LogP contribution < -0.4 is 4.74 Å². The van der Waals surface area contributed by atoms with Crippen LogP contribution >= 0.6 is 11.6 Å². The summed E-state index contributed by atoms with van der Waals surface area (Å²) in [4.78, 5) is 15.4. The number of carbonyl (C=O) groups is 1. The Balaban J connectivity index is 3.12. The van der Waals surface area contributed by atoms with Gasteiger partial charge in [-0.2, -0.15) is 8.78 Å². The molecule has 0 bridgehead atoms. The number of hydrogen-bond acceptors (Lipinski definition) is 4. The van der Waals surface area contributed by atoms with Gasteiger partial charge >= 0.3 is 11.4 Å². The van der Waals surface area contributed by atoms with Crippen molar-refractivity contribution < 1.29 is 23.0 Å². The lowest BCUT2D eigenvalue weighted by Gasteiger charge is -2.21. The lowest BCUT2D eigenvalue weighted by atomic mass is 10.2. The zero-order valence-corrected chi connectivity index (χ0v) is 12.9. The van der Waals surface area contributed by atoms with Gasteiger partial charge in [0.1, 0.15) is 11.4 Å². The number of hydrogen-bond donors (Lipinski definition) is 0. The first-order valence-corrected chi connectivity index (χ1v) is 6.44. The van der Waals surface area contributed by atoms with Crippen LogP contribution in [0.25, 0.3) is 0 Å². The first kappa shape index (κ1) is 17.4. The molecule has 0 heterocycles. The van der Waals surface area contributed by atoms with Gasteiger partial charge in [0.2, 0.25) is 5.71 Å². The summed E-state index contributed by atoms with van der Waals surface area (Å²) in [5, 5.41) is -3.93. The van der Waals surface area contributed by atoms with Gasteiger partial charge in [-0.25, -0.2) is 9.79 Å². The molecule has 4 nitrogen and oxygen atoms in total. The summed E-state index contributed by atoms with van der Waals surface area (Å²) in [7, 11) is 1.47. The largest absolute Gasteiger partial charge is 0.497 e. The number of carbonyl (C=O) groups excluding carboxylic acids is 1. The third-order valence-electron chi connectivity index (χ3n) is 2.17. The molecule has 116 valence electrons. The normalized spacial score (nSPS) is 13.0. The van der Waals surface area contributed by atoms with E-state index in [1.807, 2.05) is 0 Å². The van der Waals surface area contributed by atoms with E-state index in [2.05, 4.69) is 4.99 Å². The van der Waals surface area contributed by atoms with E-state index >= 15 is 0 Å². The molecular formula is C14H16ClF2NO3. The SMILES string of the molecule is COc1ccc(N=C(C(=O)OC(C)(C)C)C(F)(F)Cl)cc1. The average Bonchev–Trinajstić information content (AvgIpc) is 2.33. The molecule has 0 spiro atoms. The van der Waals surface area contributed by atoms with Gasteiger partial charge < -0.3 is 9.47 Å². The minimum atomic E-state index is -3.93. The fourth-order valence-electron chi connectivity index (χ4n) is 1.34. The molecular weight excluding hydrogens is 304 g/mol. The van der Waals surface area contributed by atoms with Crippen LogP contribution in [0.5, 0.6) is 5.75 Å². The monoisotopic (exact) mass is 319 g/mol. The van der Waals surface area contributed by atoms with Crippen molar-refractivity contribution in [1.82, 2.24) is 0 Å². The number of alkyl halides is 3. The van der Waals surface area contributed by atoms with Crippen molar-refractivity contribution in [3.63, 3.8) is 0 Å². The quantitative estimate of drug-likeness (QED) is 0.480. The number of methoxy groups -OCH3 is 1. The molecule has 0 radical (unpaired) electrons. The van der Waals surface area contributed by atoms with Crippen molar-refractivity contribution in [2.75, 3.05) is 7.11 Å². The molecule has 0 saturated carbocycles. The standard InChI is InChI=1S/C14H16ClF2NO3/c1-13(2,3)21-12(19)11(14(15,16)17)18-9-5-7-10(20-4)8-6-9/h5-8H,1-4H3. The van der Waals surface area contributed by atoms with Gasteiger partial charge in [0.25, 0.3) is 0 Å². The van der Waals surface area contributed by atoms with E-state index in [4.69, 9.17) is 21.1 Å². The molecule has 0 fully saturated rings. The Morgan fingerprint density at radius 2 is 1.71 bits per heavy atom. The Morgan fingerprint density at radius 1 is 1.19 bits per heavy atom. The Bertz CT molecular complexity index is 531. The molecule has 1 aromatic carbocycles. The minimum Gasteiger partial charge on any atom is -0.497 e. The van der Waals surface area contributed by atoms with E-state index in [1.54, 1.807) is 20.8 Å². The van der Waals surface area contributed by atoms with Crippen molar-refractivity contribution in [3.8, 4) is 5.75 Å². The smallest absolute Gasteiger partial charge is 0.372 e. The second-order valence-corrected chi connectivity index (χ2v) is 5.63. The number of halogens is 3. The second kappa shape index (κ2) is 6.39. The highest BCUT2D eigenvalue weighted by Gasteiger charge is 2.41. The Labute approximate surface area is 126 Å². The van der Waals surface area contributed by atoms with E-state index in [1.165, 1.54) is 31.4 Å². The van der Waals surface area contributed by atoms with Crippen molar-refractivity contribution in [2.45, 2.75) is 31.8 Å². The van der Waals surface area contributed by atoms with Crippen LogP contribution in [-0.4, -0.2) is 29.8 Å². The highest BCUT2D eigenvalue weighted by molar-refractivity contribution is 6.51. The summed E-state index contributed by atoms with van der Waals surface area (Å²) in [6.07, 6.45) is 0. The van der Waals surface area contributed by atoms with Crippen LogP contribution in [-0.2, 0) is 9.53 Å². The first-order valence-electron chi connectivity index (χ1n) is 6.06. The third kappa shape index (κ3) is 5.67. The van der Waals surface area contributed by atoms with E-state index in [0.29, 0.717) is 5.75 Å². The molecule has 0 amide bonds. The molecule has 0 saturated heterocycles. The number of benzene rings is 1. The fraction of sp³-hybridized carbons (Fsp3) is 0.429. The molecule has 21 heavy (non-hydrogen) atoms. The Morgan fingerprint density at radius 3 is 2.10 bits per heavy atom. The van der Waals surface area contributed by atoms with Gasteiger partial charge in [-0.1, -0.05) is 0 Å². The summed E-state index contributed by atoms with van der Waals surface area (Å²) in [6, 6.07) is 5.90. The second-order valence-electron chi connectivity index (χ2n) is 5.16. The molecule has 0 N–H and O–H groups in total. The van der Waals surface area contributed by atoms with Gasteiger partial charge in [-0.3, -0.25) is 0 Å². The van der Waals surface area contributed by atoms with Gasteiger partial charge in [-0.05, 0) is 56.6 Å². The van der Waals surface area contributed by atoms with Crippen LogP contribution in [0.4, 0.5) is 14.5 Å². The highest BCUT2D eigenvalue weighted by atomic mass is 35.5. The molecule has 0 aliphatic rings. The summed E-state index contributed by atoms with van der Waals surface area (Å²) in [6.45, 7) is 4.67. The lowest BCUT2D eigenvalue weighted by molar-refractivity contribution is -0.147. The Hall–Kier alpha value is -1.69. The predicted octanol–water partition coefficient (Wildman–Crippen LogP) is 3.94. The van der Waals surface area contributed by atoms with Crippen molar-refractivity contribution >= 4 is 29.0 Å². The Kier molecular flexibility index (Phi) is 5.28. The van der Waals surface area contributed by atoms with Gasteiger partial charge in [0.05, 0.1) is 12.8 Å². The highest BCUT2D eigenvalue weighted by Crippen LogP contribution is 2.27. The van der Waals surface area contributed by atoms with Gasteiger partial charge in [-0.15, -0.1) is 0 Å². The number of esters is 1. The minimum absolute atomic E-state index is 0.136. The summed E-state index contributed by atoms with van der Waals surface area (Å²) in [5.74, 6) is -0.733. The van der Waals surface area contributed by atoms with E-state index in [-0.39, 0.29) is 5.69 Å². The average molecular weight is 320 g/mol. The lowest BCUT2D eigenvalue weighted by Crippen LogP contribution is -2.36. The maximum absolute atomic E-state index is 13.4. The van der Waals surface area contributed by atoms with Gasteiger partial charge in [0, 0.05) is 0 Å². The van der Waals surface area contributed by atoms with Crippen LogP contribution in [0, 0.1) is 0 Å². The summed E-state index contributed by atoms with van der Waals surface area (Å²) in [5.41, 5.74) is -1.96. The van der Waals surface area contributed by atoms with E-state index < -0.39 is 22.7 Å². The van der Waals surface area contributed by atoms with Crippen LogP contribution in [0.15, 0.2) is 29.3 Å². The van der Waals surface area contributed by atoms with Crippen LogP contribution in [0.1, 0.15) is 20.8 Å². The van der Waals surface area contributed by atoms with Crippen molar-refractivity contribution in [2.24, 2.45) is 4.99 Å². The molecule has 0 aliphatic carbocycles. The topological polar surface area (TPSA) is 47.9 Å².